The lowest BCUT2D eigenvalue weighted by Gasteiger charge is -2.40. The van der Waals surface area contributed by atoms with Crippen molar-refractivity contribution in [2.24, 2.45) is 5.41 Å². The first-order valence-corrected chi connectivity index (χ1v) is 9.48. The zero-order valence-electron chi connectivity index (χ0n) is 12.1. The first-order chi connectivity index (χ1) is 9.47. The molecule has 0 aromatic carbocycles. The molecule has 20 heavy (non-hydrogen) atoms. The van der Waals surface area contributed by atoms with Crippen molar-refractivity contribution in [1.29, 1.82) is 0 Å². The normalized spacial score (nSPS) is 20.1. The Morgan fingerprint density at radius 1 is 1.30 bits per heavy atom. The predicted octanol–water partition coefficient (Wildman–Crippen LogP) is 2.83. The molecule has 1 aliphatic rings. The topological polar surface area (TPSA) is 57.6 Å². The van der Waals surface area contributed by atoms with Crippen LogP contribution in [-0.4, -0.2) is 30.9 Å². The van der Waals surface area contributed by atoms with Crippen molar-refractivity contribution in [3.05, 3.63) is 17.0 Å². The fourth-order valence-electron chi connectivity index (χ4n) is 2.86. The fraction of sp³-hybridized carbons (Fsp3) is 0.714. The summed E-state index contributed by atoms with van der Waals surface area (Å²) in [5.41, 5.74) is 0.986. The number of piperidine rings is 1. The van der Waals surface area contributed by atoms with Gasteiger partial charge in [0.2, 0.25) is 0 Å². The molecule has 2 rings (SSSR count). The van der Waals surface area contributed by atoms with Crippen LogP contribution in [0.2, 0.25) is 0 Å². The molecule has 4 nitrogen and oxygen atoms in total. The maximum atomic E-state index is 12.6. The number of aliphatic hydroxyl groups excluding tert-OH is 1. The van der Waals surface area contributed by atoms with Crippen LogP contribution in [0, 0.1) is 5.41 Å². The molecule has 2 heterocycles. The summed E-state index contributed by atoms with van der Waals surface area (Å²) in [6.45, 7) is 5.49. The molecule has 114 valence electrons. The summed E-state index contributed by atoms with van der Waals surface area (Å²) in [5, 5.41) is 10.8. The van der Waals surface area contributed by atoms with Gasteiger partial charge in [0, 0.05) is 13.1 Å². The van der Waals surface area contributed by atoms with Gasteiger partial charge in [0.15, 0.2) is 0 Å². The number of hydrogen-bond donors (Lipinski definition) is 1. The van der Waals surface area contributed by atoms with Crippen LogP contribution in [-0.2, 0) is 16.6 Å². The highest BCUT2D eigenvalue weighted by Crippen LogP contribution is 2.39. The van der Waals surface area contributed by atoms with Gasteiger partial charge in [-0.15, -0.1) is 11.3 Å². The molecule has 1 aliphatic heterocycles. The second kappa shape index (κ2) is 6.13. The molecule has 0 saturated carbocycles. The molecule has 1 aromatic rings. The van der Waals surface area contributed by atoms with Gasteiger partial charge in [-0.1, -0.05) is 26.7 Å². The Morgan fingerprint density at radius 3 is 2.35 bits per heavy atom. The van der Waals surface area contributed by atoms with Crippen molar-refractivity contribution in [3.63, 3.8) is 0 Å². The molecule has 0 spiro atoms. The number of hydrogen-bond acceptors (Lipinski definition) is 4. The van der Waals surface area contributed by atoms with Crippen LogP contribution in [0.5, 0.6) is 0 Å². The van der Waals surface area contributed by atoms with Crippen LogP contribution in [0.25, 0.3) is 0 Å². The van der Waals surface area contributed by atoms with Gasteiger partial charge in [-0.05, 0) is 35.3 Å². The summed E-state index contributed by atoms with van der Waals surface area (Å²) >= 11 is 1.20. The molecule has 6 heteroatoms. The first-order valence-electron chi connectivity index (χ1n) is 7.16. The minimum absolute atomic E-state index is 0.110. The quantitative estimate of drug-likeness (QED) is 0.908. The Balaban J connectivity index is 2.13. The van der Waals surface area contributed by atoms with Crippen molar-refractivity contribution >= 4 is 21.4 Å². The molecule has 0 aliphatic carbocycles. The van der Waals surface area contributed by atoms with Crippen molar-refractivity contribution in [1.82, 2.24) is 4.31 Å². The van der Waals surface area contributed by atoms with E-state index in [2.05, 4.69) is 13.8 Å². The number of aliphatic hydroxyl groups is 1. The zero-order valence-corrected chi connectivity index (χ0v) is 13.8. The summed E-state index contributed by atoms with van der Waals surface area (Å²) in [5.74, 6) is 0. The molecule has 1 N–H and O–H groups in total. The maximum Gasteiger partial charge on any atom is 0.252 e. The summed E-state index contributed by atoms with van der Waals surface area (Å²) in [6.07, 6.45) is 4.12. The zero-order chi connectivity index (χ0) is 14.8. The van der Waals surface area contributed by atoms with E-state index in [1.54, 1.807) is 15.8 Å². The average molecular weight is 317 g/mol. The lowest BCUT2D eigenvalue weighted by Crippen LogP contribution is -2.42. The van der Waals surface area contributed by atoms with E-state index in [0.717, 1.165) is 25.7 Å². The van der Waals surface area contributed by atoms with Crippen LogP contribution in [0.4, 0.5) is 0 Å². The molecule has 1 aromatic heterocycles. The number of rotatable bonds is 5. The molecule has 0 atom stereocenters. The van der Waals surface area contributed by atoms with E-state index in [1.807, 2.05) is 0 Å². The molecule has 0 bridgehead atoms. The second-order valence-corrected chi connectivity index (χ2v) is 8.62. The van der Waals surface area contributed by atoms with Crippen molar-refractivity contribution in [2.45, 2.75) is 50.3 Å². The summed E-state index contributed by atoms with van der Waals surface area (Å²) < 4.78 is 27.1. The summed E-state index contributed by atoms with van der Waals surface area (Å²) in [6, 6.07) is 1.58. The molecule has 1 fully saturated rings. The van der Waals surface area contributed by atoms with E-state index in [4.69, 9.17) is 5.11 Å². The Labute approximate surface area is 125 Å². The minimum atomic E-state index is -3.38. The highest BCUT2D eigenvalue weighted by Gasteiger charge is 2.36. The highest BCUT2D eigenvalue weighted by molar-refractivity contribution is 7.91. The average Bonchev–Trinajstić information content (AvgIpc) is 2.97. The third-order valence-electron chi connectivity index (χ3n) is 4.69. The predicted molar refractivity (Wildman–Crippen MR) is 81.2 cm³/mol. The Bertz CT molecular complexity index is 537. The van der Waals surface area contributed by atoms with Gasteiger partial charge in [-0.25, -0.2) is 8.42 Å². The third kappa shape index (κ3) is 2.93. The first kappa shape index (κ1) is 15.9. The number of thiophene rings is 1. The van der Waals surface area contributed by atoms with Crippen molar-refractivity contribution in [2.75, 3.05) is 13.1 Å². The van der Waals surface area contributed by atoms with Gasteiger partial charge in [0.25, 0.3) is 10.0 Å². The number of sulfonamides is 1. The monoisotopic (exact) mass is 317 g/mol. The largest absolute Gasteiger partial charge is 0.392 e. The van der Waals surface area contributed by atoms with E-state index < -0.39 is 10.0 Å². The molecular weight excluding hydrogens is 294 g/mol. The minimum Gasteiger partial charge on any atom is -0.392 e. The van der Waals surface area contributed by atoms with Crippen molar-refractivity contribution in [3.8, 4) is 0 Å². The Morgan fingerprint density at radius 2 is 1.90 bits per heavy atom. The van der Waals surface area contributed by atoms with Gasteiger partial charge in [0.1, 0.15) is 4.21 Å². The van der Waals surface area contributed by atoms with Gasteiger partial charge >= 0.3 is 0 Å². The lowest BCUT2D eigenvalue weighted by molar-refractivity contribution is 0.142. The molecule has 0 unspecified atom stereocenters. The Kier molecular flexibility index (Phi) is 4.89. The van der Waals surface area contributed by atoms with Crippen LogP contribution in [0.1, 0.15) is 45.1 Å². The van der Waals surface area contributed by atoms with E-state index in [0.29, 0.717) is 28.3 Å². The van der Waals surface area contributed by atoms with Gasteiger partial charge in [0.05, 0.1) is 6.61 Å². The van der Waals surface area contributed by atoms with Crippen LogP contribution < -0.4 is 0 Å². The second-order valence-electron chi connectivity index (χ2n) is 5.54. The van der Waals surface area contributed by atoms with Gasteiger partial charge in [-0.2, -0.15) is 4.31 Å². The Hall–Kier alpha value is -0.430. The van der Waals surface area contributed by atoms with Gasteiger partial charge < -0.3 is 5.11 Å². The van der Waals surface area contributed by atoms with E-state index in [9.17, 15) is 8.42 Å². The van der Waals surface area contributed by atoms with Crippen molar-refractivity contribution < 1.29 is 13.5 Å². The molecule has 0 amide bonds. The van der Waals surface area contributed by atoms with Crippen LogP contribution in [0.15, 0.2) is 15.7 Å². The number of nitrogens with zero attached hydrogens (tertiary/aromatic N) is 1. The smallest absolute Gasteiger partial charge is 0.252 e. The highest BCUT2D eigenvalue weighted by atomic mass is 32.2. The summed E-state index contributed by atoms with van der Waals surface area (Å²) in [7, 11) is -3.38. The van der Waals surface area contributed by atoms with E-state index in [-0.39, 0.29) is 6.61 Å². The SMILES string of the molecule is CCC1(CC)CCN(S(=O)(=O)c2cc(CO)cs2)CC1. The van der Waals surface area contributed by atoms with E-state index >= 15 is 0 Å². The third-order valence-corrected chi connectivity index (χ3v) is 8.05. The standard InChI is InChI=1S/C14H23NO3S2/c1-3-14(4-2)5-7-15(8-6-14)20(17,18)13-9-12(10-16)11-19-13/h9,11,16H,3-8,10H2,1-2H3. The maximum absolute atomic E-state index is 12.6. The fourth-order valence-corrected chi connectivity index (χ4v) is 5.65. The molecular formula is C14H23NO3S2. The van der Waals surface area contributed by atoms with Crippen LogP contribution >= 0.6 is 11.3 Å². The molecule has 1 saturated heterocycles. The van der Waals surface area contributed by atoms with Gasteiger partial charge in [-0.3, -0.25) is 0 Å². The van der Waals surface area contributed by atoms with Crippen LogP contribution in [0.3, 0.4) is 0 Å². The lowest BCUT2D eigenvalue weighted by atomic mass is 9.75. The van der Waals surface area contributed by atoms with E-state index in [1.165, 1.54) is 11.3 Å². The molecule has 0 radical (unpaired) electrons. The summed E-state index contributed by atoms with van der Waals surface area (Å²) in [4.78, 5) is 0.